The van der Waals surface area contributed by atoms with Crippen LogP contribution in [0, 0.1) is 5.92 Å². The number of rotatable bonds is 3. The lowest BCUT2D eigenvalue weighted by Gasteiger charge is -2.39. The number of aliphatic hydroxyl groups excluding tert-OH is 1. The quantitative estimate of drug-likeness (QED) is 0.784. The van der Waals surface area contributed by atoms with E-state index < -0.39 is 18.0 Å². The van der Waals surface area contributed by atoms with Crippen molar-refractivity contribution in [3.63, 3.8) is 0 Å². The van der Waals surface area contributed by atoms with Gasteiger partial charge in [0.05, 0.1) is 12.0 Å². The van der Waals surface area contributed by atoms with Gasteiger partial charge in [0, 0.05) is 27.3 Å². The van der Waals surface area contributed by atoms with Gasteiger partial charge in [-0.15, -0.1) is 0 Å². The van der Waals surface area contributed by atoms with Gasteiger partial charge < -0.3 is 24.2 Å². The molecule has 1 heterocycles. The Morgan fingerprint density at radius 1 is 1.32 bits per heavy atom. The van der Waals surface area contributed by atoms with Crippen molar-refractivity contribution in [2.45, 2.75) is 45.2 Å². The molecule has 0 radical (unpaired) electrons. The molecule has 0 spiro atoms. The number of hydrogen-bond acceptors (Lipinski definition) is 5. The van der Waals surface area contributed by atoms with Crippen molar-refractivity contribution in [2.75, 3.05) is 27.3 Å². The Balaban J connectivity index is 2.66. The maximum absolute atomic E-state index is 12.0. The minimum absolute atomic E-state index is 0.267. The molecule has 0 aliphatic carbocycles. The lowest BCUT2D eigenvalue weighted by molar-refractivity contribution is -0.173. The molecule has 6 heteroatoms. The molecule has 1 amide bonds. The zero-order valence-electron chi connectivity index (χ0n) is 12.4. The lowest BCUT2D eigenvalue weighted by Crippen LogP contribution is -2.51. The number of aliphatic hydroxyl groups is 1. The average Bonchev–Trinajstić information content (AvgIpc) is 2.30. The first kappa shape index (κ1) is 16.2. The fraction of sp³-hybridized carbons (Fsp3) is 0.923. The van der Waals surface area contributed by atoms with Crippen LogP contribution in [0.5, 0.6) is 0 Å². The second-order valence-electron chi connectivity index (χ2n) is 5.79. The Kier molecular flexibility index (Phi) is 5.58. The lowest BCUT2D eigenvalue weighted by atomic mass is 9.94. The van der Waals surface area contributed by atoms with Gasteiger partial charge in [-0.25, -0.2) is 4.79 Å². The Hall–Kier alpha value is -0.850. The number of carbonyl (C=O) groups is 1. The molecule has 1 N–H and O–H groups in total. The van der Waals surface area contributed by atoms with Crippen LogP contribution in [0.2, 0.25) is 0 Å². The van der Waals surface area contributed by atoms with Gasteiger partial charge in [-0.05, 0) is 27.2 Å². The molecule has 2 unspecified atom stereocenters. The van der Waals surface area contributed by atoms with Crippen LogP contribution >= 0.6 is 0 Å². The van der Waals surface area contributed by atoms with Gasteiger partial charge >= 0.3 is 6.09 Å². The van der Waals surface area contributed by atoms with Gasteiger partial charge in [0.2, 0.25) is 0 Å². The van der Waals surface area contributed by atoms with Crippen LogP contribution in [0.1, 0.15) is 27.2 Å². The van der Waals surface area contributed by atoms with Gasteiger partial charge in [-0.2, -0.15) is 0 Å². The molecule has 2 atom stereocenters. The average molecular weight is 275 g/mol. The summed E-state index contributed by atoms with van der Waals surface area (Å²) in [6, 6.07) is 0. The standard InChI is InChI=1S/C13H25NO5/c1-13(2,3)19-12(16)14-7-6-10(15)9(8-14)11(17-4)18-5/h9-11,15H,6-8H2,1-5H3. The maximum Gasteiger partial charge on any atom is 0.410 e. The van der Waals surface area contributed by atoms with Gasteiger partial charge in [0.15, 0.2) is 6.29 Å². The fourth-order valence-corrected chi connectivity index (χ4v) is 2.18. The third kappa shape index (κ3) is 4.63. The van der Waals surface area contributed by atoms with E-state index in [0.29, 0.717) is 19.5 Å². The molecule has 6 nitrogen and oxygen atoms in total. The van der Waals surface area contributed by atoms with E-state index in [4.69, 9.17) is 14.2 Å². The van der Waals surface area contributed by atoms with E-state index in [1.165, 1.54) is 14.2 Å². The Labute approximate surface area is 114 Å². The van der Waals surface area contributed by atoms with E-state index in [1.807, 2.05) is 20.8 Å². The first-order valence-electron chi connectivity index (χ1n) is 6.50. The van der Waals surface area contributed by atoms with Crippen LogP contribution in [0.4, 0.5) is 4.79 Å². The molecule has 0 aromatic carbocycles. The van der Waals surface area contributed by atoms with E-state index in [0.717, 1.165) is 0 Å². The highest BCUT2D eigenvalue weighted by Gasteiger charge is 2.37. The smallest absolute Gasteiger partial charge is 0.410 e. The number of nitrogens with zero attached hydrogens (tertiary/aromatic N) is 1. The highest BCUT2D eigenvalue weighted by Crippen LogP contribution is 2.24. The van der Waals surface area contributed by atoms with Crippen LogP contribution in [0.15, 0.2) is 0 Å². The number of amides is 1. The number of carbonyl (C=O) groups excluding carboxylic acids is 1. The van der Waals surface area contributed by atoms with Gasteiger partial charge in [-0.3, -0.25) is 0 Å². The third-order valence-electron chi connectivity index (χ3n) is 3.09. The molecule has 0 aromatic heterocycles. The zero-order chi connectivity index (χ0) is 14.6. The molecule has 0 bridgehead atoms. The highest BCUT2D eigenvalue weighted by molar-refractivity contribution is 5.68. The topological polar surface area (TPSA) is 68.2 Å². The van der Waals surface area contributed by atoms with Crippen molar-refractivity contribution in [3.8, 4) is 0 Å². The van der Waals surface area contributed by atoms with E-state index in [9.17, 15) is 9.90 Å². The van der Waals surface area contributed by atoms with Crippen LogP contribution in [0.3, 0.4) is 0 Å². The van der Waals surface area contributed by atoms with Crippen LogP contribution in [-0.2, 0) is 14.2 Å². The molecule has 19 heavy (non-hydrogen) atoms. The second-order valence-corrected chi connectivity index (χ2v) is 5.79. The predicted octanol–water partition coefficient (Wildman–Crippen LogP) is 1.22. The largest absolute Gasteiger partial charge is 0.444 e. The first-order valence-corrected chi connectivity index (χ1v) is 6.50. The summed E-state index contributed by atoms with van der Waals surface area (Å²) in [6.45, 7) is 6.33. The summed E-state index contributed by atoms with van der Waals surface area (Å²) >= 11 is 0. The summed E-state index contributed by atoms with van der Waals surface area (Å²) in [5, 5.41) is 9.99. The summed E-state index contributed by atoms with van der Waals surface area (Å²) < 4.78 is 15.7. The predicted molar refractivity (Wildman–Crippen MR) is 69.7 cm³/mol. The van der Waals surface area contributed by atoms with Gasteiger partial charge in [0.25, 0.3) is 0 Å². The van der Waals surface area contributed by atoms with Crippen molar-refractivity contribution < 1.29 is 24.1 Å². The van der Waals surface area contributed by atoms with Crippen LogP contribution < -0.4 is 0 Å². The van der Waals surface area contributed by atoms with E-state index in [2.05, 4.69) is 0 Å². The third-order valence-corrected chi connectivity index (χ3v) is 3.09. The molecule has 1 aliphatic rings. The number of ether oxygens (including phenoxy) is 3. The maximum atomic E-state index is 12.0. The normalized spacial score (nSPS) is 24.7. The van der Waals surface area contributed by atoms with Crippen molar-refractivity contribution in [1.29, 1.82) is 0 Å². The number of hydrogen-bond donors (Lipinski definition) is 1. The van der Waals surface area contributed by atoms with Crippen molar-refractivity contribution >= 4 is 6.09 Å². The van der Waals surface area contributed by atoms with E-state index in [-0.39, 0.29) is 12.0 Å². The Bertz CT molecular complexity index is 298. The summed E-state index contributed by atoms with van der Waals surface area (Å²) in [7, 11) is 3.04. The summed E-state index contributed by atoms with van der Waals surface area (Å²) in [5.74, 6) is -0.267. The summed E-state index contributed by atoms with van der Waals surface area (Å²) in [6.07, 6.45) is -0.938. The second kappa shape index (κ2) is 6.54. The summed E-state index contributed by atoms with van der Waals surface area (Å²) in [5.41, 5.74) is -0.523. The van der Waals surface area contributed by atoms with E-state index >= 15 is 0 Å². The molecule has 1 saturated heterocycles. The minimum atomic E-state index is -0.538. The Morgan fingerprint density at radius 3 is 2.37 bits per heavy atom. The van der Waals surface area contributed by atoms with E-state index in [1.54, 1.807) is 4.90 Å². The zero-order valence-corrected chi connectivity index (χ0v) is 12.4. The molecule has 1 rings (SSSR count). The van der Waals surface area contributed by atoms with Crippen molar-refractivity contribution in [1.82, 2.24) is 4.90 Å². The summed E-state index contributed by atoms with van der Waals surface area (Å²) in [4.78, 5) is 13.6. The molecular weight excluding hydrogens is 250 g/mol. The van der Waals surface area contributed by atoms with Crippen LogP contribution in [-0.4, -0.2) is 61.4 Å². The van der Waals surface area contributed by atoms with Crippen LogP contribution in [0.25, 0.3) is 0 Å². The monoisotopic (exact) mass is 275 g/mol. The molecule has 1 aliphatic heterocycles. The number of piperidine rings is 1. The van der Waals surface area contributed by atoms with Gasteiger partial charge in [-0.1, -0.05) is 0 Å². The Morgan fingerprint density at radius 2 is 1.89 bits per heavy atom. The van der Waals surface area contributed by atoms with Crippen molar-refractivity contribution in [2.24, 2.45) is 5.92 Å². The number of methoxy groups -OCH3 is 2. The molecule has 0 saturated carbocycles. The molecule has 0 aromatic rings. The van der Waals surface area contributed by atoms with Gasteiger partial charge in [0.1, 0.15) is 5.60 Å². The SMILES string of the molecule is COC(OC)C1CN(C(=O)OC(C)(C)C)CCC1O. The minimum Gasteiger partial charge on any atom is -0.444 e. The fourth-order valence-electron chi connectivity index (χ4n) is 2.18. The molecular formula is C13H25NO5. The molecule has 1 fully saturated rings. The first-order chi connectivity index (χ1) is 8.78. The number of likely N-dealkylation sites (tertiary alicyclic amines) is 1. The highest BCUT2D eigenvalue weighted by atomic mass is 16.7. The van der Waals surface area contributed by atoms with Crippen molar-refractivity contribution in [3.05, 3.63) is 0 Å². The molecule has 112 valence electrons.